The van der Waals surface area contributed by atoms with E-state index >= 15 is 0 Å². The van der Waals surface area contributed by atoms with E-state index in [2.05, 4.69) is 24.5 Å². The SMILES string of the molecule is C=C(C)C(=O)O.C=C(C)C(=O)OC1CCOC1=O.C=C(C)C(=O)Oc1ccc(O)cc1. The van der Waals surface area contributed by atoms with Crippen molar-refractivity contribution in [3.63, 3.8) is 0 Å². The lowest BCUT2D eigenvalue weighted by atomic mass is 10.3. The molecule has 1 heterocycles. The summed E-state index contributed by atoms with van der Waals surface area (Å²) in [6.45, 7) is 14.9. The summed E-state index contributed by atoms with van der Waals surface area (Å²) in [7, 11) is 0. The second-order valence-corrected chi connectivity index (χ2v) is 6.38. The van der Waals surface area contributed by atoms with Crippen molar-refractivity contribution in [2.45, 2.75) is 33.3 Å². The normalized spacial score (nSPS) is 13.8. The number of phenolic OH excluding ortho intramolecular Hbond substituents is 1. The Bertz CT molecular complexity index is 838. The molecule has 168 valence electrons. The second-order valence-electron chi connectivity index (χ2n) is 6.38. The van der Waals surface area contributed by atoms with Crippen molar-refractivity contribution < 1.29 is 43.6 Å². The average molecular weight is 434 g/mol. The van der Waals surface area contributed by atoms with Gasteiger partial charge in [-0.2, -0.15) is 0 Å². The summed E-state index contributed by atoms with van der Waals surface area (Å²) >= 11 is 0. The van der Waals surface area contributed by atoms with E-state index in [9.17, 15) is 19.2 Å². The summed E-state index contributed by atoms with van der Waals surface area (Å²) < 4.78 is 14.3. The van der Waals surface area contributed by atoms with Crippen molar-refractivity contribution in [2.24, 2.45) is 0 Å². The number of ether oxygens (including phenoxy) is 3. The predicted molar refractivity (Wildman–Crippen MR) is 111 cm³/mol. The summed E-state index contributed by atoms with van der Waals surface area (Å²) in [6.07, 6.45) is -0.285. The molecule has 1 saturated heterocycles. The quantitative estimate of drug-likeness (QED) is 0.407. The van der Waals surface area contributed by atoms with Crippen LogP contribution in [0.4, 0.5) is 0 Å². The highest BCUT2D eigenvalue weighted by atomic mass is 16.6. The Balaban J connectivity index is 0.000000466. The molecular weight excluding hydrogens is 408 g/mol. The molecule has 0 amide bonds. The Kier molecular flexibility index (Phi) is 11.7. The molecule has 9 heteroatoms. The van der Waals surface area contributed by atoms with E-state index in [0.717, 1.165) is 0 Å². The van der Waals surface area contributed by atoms with Gasteiger partial charge in [-0.3, -0.25) is 0 Å². The lowest BCUT2D eigenvalue weighted by Crippen LogP contribution is -2.22. The Morgan fingerprint density at radius 3 is 1.81 bits per heavy atom. The average Bonchev–Trinajstić information content (AvgIpc) is 3.09. The van der Waals surface area contributed by atoms with Crippen LogP contribution in [0.5, 0.6) is 11.5 Å². The minimum atomic E-state index is -0.935. The molecule has 1 aromatic rings. The molecule has 0 radical (unpaired) electrons. The van der Waals surface area contributed by atoms with Gasteiger partial charge in [0.25, 0.3) is 0 Å². The molecule has 1 aliphatic rings. The number of phenols is 1. The molecule has 31 heavy (non-hydrogen) atoms. The lowest BCUT2D eigenvalue weighted by molar-refractivity contribution is -0.157. The molecule has 1 fully saturated rings. The maximum absolute atomic E-state index is 11.0. The molecule has 0 aliphatic carbocycles. The fourth-order valence-electron chi connectivity index (χ4n) is 1.52. The van der Waals surface area contributed by atoms with Gasteiger partial charge >= 0.3 is 23.9 Å². The van der Waals surface area contributed by atoms with E-state index in [1.165, 1.54) is 38.1 Å². The van der Waals surface area contributed by atoms with Gasteiger partial charge in [0, 0.05) is 23.1 Å². The molecule has 2 N–H and O–H groups in total. The largest absolute Gasteiger partial charge is 0.508 e. The Labute approximate surface area is 180 Å². The third-order valence-electron chi connectivity index (χ3n) is 3.25. The summed E-state index contributed by atoms with van der Waals surface area (Å²) in [4.78, 5) is 42.3. The van der Waals surface area contributed by atoms with Gasteiger partial charge in [0.1, 0.15) is 11.5 Å². The molecule has 0 saturated carbocycles. The smallest absolute Gasteiger partial charge is 0.347 e. The highest BCUT2D eigenvalue weighted by molar-refractivity contribution is 5.90. The first-order valence-electron chi connectivity index (χ1n) is 8.93. The summed E-state index contributed by atoms with van der Waals surface area (Å²) in [6, 6.07) is 5.91. The molecule has 1 aliphatic heterocycles. The molecule has 1 unspecified atom stereocenters. The number of aliphatic carboxylic acids is 1. The van der Waals surface area contributed by atoms with Gasteiger partial charge in [0.2, 0.25) is 6.10 Å². The minimum absolute atomic E-state index is 0.134. The maximum atomic E-state index is 11.0. The van der Waals surface area contributed by atoms with Crippen LogP contribution in [-0.2, 0) is 28.7 Å². The molecular formula is C22H26O9. The number of hydrogen-bond donors (Lipinski definition) is 2. The number of aromatic hydroxyl groups is 1. The Morgan fingerprint density at radius 2 is 1.45 bits per heavy atom. The van der Waals surface area contributed by atoms with E-state index in [1.807, 2.05) is 0 Å². The van der Waals surface area contributed by atoms with Crippen LogP contribution < -0.4 is 4.74 Å². The number of hydrogen-bond acceptors (Lipinski definition) is 8. The van der Waals surface area contributed by atoms with Crippen molar-refractivity contribution in [2.75, 3.05) is 6.61 Å². The Hall–Kier alpha value is -3.88. The topological polar surface area (TPSA) is 136 Å². The molecule has 1 atom stereocenters. The van der Waals surface area contributed by atoms with E-state index in [0.29, 0.717) is 24.4 Å². The van der Waals surface area contributed by atoms with E-state index < -0.39 is 30.0 Å². The highest BCUT2D eigenvalue weighted by Crippen LogP contribution is 2.16. The number of benzene rings is 1. The number of esters is 3. The number of carboxylic acid groups (broad SMARTS) is 1. The van der Waals surface area contributed by atoms with Crippen LogP contribution in [-0.4, -0.2) is 46.8 Å². The number of carbonyl (C=O) groups is 4. The highest BCUT2D eigenvalue weighted by Gasteiger charge is 2.30. The summed E-state index contributed by atoms with van der Waals surface area (Å²) in [5.41, 5.74) is 0.803. The van der Waals surface area contributed by atoms with Crippen molar-refractivity contribution in [3.8, 4) is 11.5 Å². The van der Waals surface area contributed by atoms with Crippen LogP contribution in [0.2, 0.25) is 0 Å². The molecule has 0 aromatic heterocycles. The van der Waals surface area contributed by atoms with Crippen LogP contribution in [0.15, 0.2) is 60.7 Å². The minimum Gasteiger partial charge on any atom is -0.508 e. The monoisotopic (exact) mass is 434 g/mol. The van der Waals surface area contributed by atoms with Crippen molar-refractivity contribution >= 4 is 23.9 Å². The maximum Gasteiger partial charge on any atom is 0.347 e. The zero-order valence-corrected chi connectivity index (χ0v) is 17.7. The number of carbonyl (C=O) groups excluding carboxylic acids is 3. The molecule has 9 nitrogen and oxygen atoms in total. The van der Waals surface area contributed by atoms with Gasteiger partial charge in [-0.25, -0.2) is 19.2 Å². The second kappa shape index (κ2) is 13.4. The van der Waals surface area contributed by atoms with Crippen molar-refractivity contribution in [3.05, 3.63) is 60.7 Å². The van der Waals surface area contributed by atoms with Crippen LogP contribution in [0, 0.1) is 0 Å². The van der Waals surface area contributed by atoms with Crippen molar-refractivity contribution in [1.29, 1.82) is 0 Å². The zero-order valence-electron chi connectivity index (χ0n) is 17.7. The molecule has 0 bridgehead atoms. The fourth-order valence-corrected chi connectivity index (χ4v) is 1.52. The van der Waals surface area contributed by atoms with Gasteiger partial charge in [0.05, 0.1) is 6.61 Å². The van der Waals surface area contributed by atoms with Crippen LogP contribution in [0.1, 0.15) is 27.2 Å². The standard InChI is InChI=1S/C10H10O3.C8H10O4.C4H6O2/c1-7(2)10(12)13-9-5-3-8(11)4-6-9;1-5(2)7(9)12-6-3-4-11-8(6)10;1-3(2)4(5)6/h3-6,11H,1H2,2H3;6H,1,3-4H2,2H3;1H2,2H3,(H,5,6). The number of cyclic esters (lactones) is 1. The van der Waals surface area contributed by atoms with Crippen molar-refractivity contribution in [1.82, 2.24) is 0 Å². The van der Waals surface area contributed by atoms with E-state index in [-0.39, 0.29) is 16.9 Å². The molecule has 2 rings (SSSR count). The number of carboxylic acids is 1. The zero-order chi connectivity index (χ0) is 24.1. The summed E-state index contributed by atoms with van der Waals surface area (Å²) in [5, 5.41) is 16.8. The fraction of sp³-hybridized carbons (Fsp3) is 0.273. The first kappa shape index (κ1) is 27.1. The van der Waals surface area contributed by atoms with E-state index in [1.54, 1.807) is 6.92 Å². The first-order chi connectivity index (χ1) is 14.3. The van der Waals surface area contributed by atoms with Gasteiger partial charge in [0.15, 0.2) is 0 Å². The van der Waals surface area contributed by atoms with E-state index in [4.69, 9.17) is 19.7 Å². The van der Waals surface area contributed by atoms with Gasteiger partial charge < -0.3 is 24.4 Å². The lowest BCUT2D eigenvalue weighted by Gasteiger charge is -2.06. The first-order valence-corrected chi connectivity index (χ1v) is 8.93. The molecule has 0 spiro atoms. The third kappa shape index (κ3) is 11.6. The van der Waals surface area contributed by atoms with Gasteiger partial charge in [-0.1, -0.05) is 19.7 Å². The molecule has 1 aromatic carbocycles. The third-order valence-corrected chi connectivity index (χ3v) is 3.25. The number of rotatable bonds is 5. The van der Waals surface area contributed by atoms with Crippen LogP contribution >= 0.6 is 0 Å². The van der Waals surface area contributed by atoms with Gasteiger partial charge in [-0.15, -0.1) is 0 Å². The van der Waals surface area contributed by atoms with Crippen LogP contribution in [0.25, 0.3) is 0 Å². The van der Waals surface area contributed by atoms with Gasteiger partial charge in [-0.05, 0) is 45.0 Å². The summed E-state index contributed by atoms with van der Waals surface area (Å²) in [5.74, 6) is -1.88. The predicted octanol–water partition coefficient (Wildman–Crippen LogP) is 2.94. The Morgan fingerprint density at radius 1 is 0.968 bits per heavy atom. The van der Waals surface area contributed by atoms with Crippen LogP contribution in [0.3, 0.4) is 0 Å².